The number of ether oxygens (including phenoxy) is 2. The highest BCUT2D eigenvalue weighted by molar-refractivity contribution is 5.62. The first kappa shape index (κ1) is 20.4. The Morgan fingerprint density at radius 1 is 1.21 bits per heavy atom. The summed E-state index contributed by atoms with van der Waals surface area (Å²) in [6.07, 6.45) is 1.61. The molecule has 28 heavy (non-hydrogen) atoms. The van der Waals surface area contributed by atoms with Gasteiger partial charge in [0.25, 0.3) is 0 Å². The minimum atomic E-state index is -0.730. The van der Waals surface area contributed by atoms with Crippen molar-refractivity contribution in [2.24, 2.45) is 4.99 Å². The summed E-state index contributed by atoms with van der Waals surface area (Å²) in [5.74, 6) is -0.667. The first-order valence-corrected chi connectivity index (χ1v) is 9.37. The lowest BCUT2D eigenvalue weighted by atomic mass is 9.87. The normalized spacial score (nSPS) is 15.6. The molecule has 4 nitrogen and oxygen atoms in total. The van der Waals surface area contributed by atoms with Crippen molar-refractivity contribution in [1.82, 2.24) is 4.90 Å². The smallest absolute Gasteiger partial charge is 0.149 e. The molecule has 1 saturated heterocycles. The van der Waals surface area contributed by atoms with Crippen LogP contribution in [0.4, 0.5) is 14.5 Å². The van der Waals surface area contributed by atoms with E-state index >= 15 is 0 Å². The van der Waals surface area contributed by atoms with Gasteiger partial charge in [-0.15, -0.1) is 0 Å². The third kappa shape index (κ3) is 4.08. The lowest BCUT2D eigenvalue weighted by molar-refractivity contribution is -0.223. The van der Waals surface area contributed by atoms with Crippen LogP contribution in [0.25, 0.3) is 0 Å². The zero-order valence-electron chi connectivity index (χ0n) is 16.8. The molecule has 0 aliphatic carbocycles. The summed E-state index contributed by atoms with van der Waals surface area (Å²) in [5.41, 5.74) is 2.52. The molecular weight excluding hydrogens is 362 g/mol. The maximum Gasteiger partial charge on any atom is 0.149 e. The molecule has 0 spiro atoms. The predicted octanol–water partition coefficient (Wildman–Crippen LogP) is 4.64. The summed E-state index contributed by atoms with van der Waals surface area (Å²) < 4.78 is 40.0. The average molecular weight is 388 g/mol. The molecule has 1 heterocycles. The maximum absolute atomic E-state index is 14.7. The van der Waals surface area contributed by atoms with Gasteiger partial charge in [0.15, 0.2) is 0 Å². The van der Waals surface area contributed by atoms with Crippen LogP contribution in [-0.2, 0) is 21.7 Å². The molecule has 1 aliphatic heterocycles. The van der Waals surface area contributed by atoms with Crippen LogP contribution < -0.4 is 0 Å². The average Bonchev–Trinajstić information content (AvgIpc) is 2.64. The van der Waals surface area contributed by atoms with Gasteiger partial charge in [-0.3, -0.25) is 0 Å². The van der Waals surface area contributed by atoms with Crippen molar-refractivity contribution < 1.29 is 18.3 Å². The molecule has 0 radical (unpaired) electrons. The van der Waals surface area contributed by atoms with Crippen LogP contribution in [0.15, 0.2) is 35.3 Å². The first-order valence-electron chi connectivity index (χ1n) is 9.37. The van der Waals surface area contributed by atoms with Crippen LogP contribution in [0, 0.1) is 25.5 Å². The fourth-order valence-electron chi connectivity index (χ4n) is 3.13. The molecule has 1 aliphatic rings. The standard InChI is InChI=1S/C22H26F2N2O2/c1-5-26(4)14-25-21-9-15(2)18(10-20(21)24)22(12-27-13-22)28-11-17-7-6-8-19(23)16(17)3/h6-10,14H,5,11-13H2,1-4H3. The molecule has 0 aromatic heterocycles. The third-order valence-corrected chi connectivity index (χ3v) is 5.23. The number of nitrogens with zero attached hydrogens (tertiary/aromatic N) is 2. The highest BCUT2D eigenvalue weighted by atomic mass is 19.1. The van der Waals surface area contributed by atoms with Gasteiger partial charge in [0.1, 0.15) is 22.9 Å². The Labute approximate surface area is 164 Å². The van der Waals surface area contributed by atoms with Gasteiger partial charge >= 0.3 is 0 Å². The SMILES string of the molecule is CCN(C)C=Nc1cc(C)c(C2(OCc3cccc(F)c3C)COC2)cc1F. The molecule has 2 aromatic rings. The maximum atomic E-state index is 14.7. The van der Waals surface area contributed by atoms with Crippen molar-refractivity contribution >= 4 is 12.0 Å². The lowest BCUT2D eigenvalue weighted by Gasteiger charge is -2.42. The molecular formula is C22H26F2N2O2. The Morgan fingerprint density at radius 3 is 2.61 bits per heavy atom. The number of aliphatic imine (C=N–C) groups is 1. The van der Waals surface area contributed by atoms with E-state index in [2.05, 4.69) is 4.99 Å². The molecule has 0 N–H and O–H groups in total. The molecule has 6 heteroatoms. The quantitative estimate of drug-likeness (QED) is 0.512. The van der Waals surface area contributed by atoms with Gasteiger partial charge in [-0.1, -0.05) is 12.1 Å². The van der Waals surface area contributed by atoms with E-state index in [-0.39, 0.29) is 18.1 Å². The van der Waals surface area contributed by atoms with Crippen molar-refractivity contribution in [3.63, 3.8) is 0 Å². The second kappa shape index (κ2) is 8.37. The van der Waals surface area contributed by atoms with Gasteiger partial charge < -0.3 is 14.4 Å². The van der Waals surface area contributed by atoms with E-state index in [4.69, 9.17) is 9.47 Å². The molecule has 2 aromatic carbocycles. The Kier molecular flexibility index (Phi) is 6.10. The van der Waals surface area contributed by atoms with E-state index in [1.165, 1.54) is 12.1 Å². The number of hydrogen-bond acceptors (Lipinski definition) is 3. The van der Waals surface area contributed by atoms with Gasteiger partial charge in [0.05, 0.1) is 26.2 Å². The van der Waals surface area contributed by atoms with Gasteiger partial charge in [0, 0.05) is 13.6 Å². The molecule has 0 amide bonds. The number of rotatable bonds is 7. The van der Waals surface area contributed by atoms with Gasteiger partial charge in [-0.25, -0.2) is 13.8 Å². The molecule has 0 bridgehead atoms. The molecule has 0 atom stereocenters. The topological polar surface area (TPSA) is 34.1 Å². The fraction of sp³-hybridized carbons (Fsp3) is 0.409. The van der Waals surface area contributed by atoms with E-state index in [0.29, 0.717) is 18.8 Å². The molecule has 150 valence electrons. The summed E-state index contributed by atoms with van der Waals surface area (Å²) in [4.78, 5) is 6.10. The second-order valence-electron chi connectivity index (χ2n) is 7.24. The molecule has 0 saturated carbocycles. The Morgan fingerprint density at radius 2 is 1.96 bits per heavy atom. The van der Waals surface area contributed by atoms with Gasteiger partial charge in [0.2, 0.25) is 0 Å². The molecule has 1 fully saturated rings. The zero-order valence-corrected chi connectivity index (χ0v) is 16.8. The van der Waals surface area contributed by atoms with Crippen LogP contribution in [0.5, 0.6) is 0 Å². The zero-order chi connectivity index (χ0) is 20.3. The van der Waals surface area contributed by atoms with Crippen molar-refractivity contribution in [3.8, 4) is 0 Å². The van der Waals surface area contributed by atoms with E-state index in [0.717, 1.165) is 23.2 Å². The van der Waals surface area contributed by atoms with Crippen molar-refractivity contribution in [3.05, 3.63) is 64.2 Å². The van der Waals surface area contributed by atoms with Crippen molar-refractivity contribution in [2.75, 3.05) is 26.8 Å². The van der Waals surface area contributed by atoms with Gasteiger partial charge in [-0.05, 0) is 61.2 Å². The van der Waals surface area contributed by atoms with E-state index < -0.39 is 11.4 Å². The summed E-state index contributed by atoms with van der Waals surface area (Å²) in [6.45, 7) is 7.32. The minimum absolute atomic E-state index is 0.231. The second-order valence-corrected chi connectivity index (χ2v) is 7.24. The van der Waals surface area contributed by atoms with Crippen molar-refractivity contribution in [2.45, 2.75) is 33.0 Å². The van der Waals surface area contributed by atoms with Crippen LogP contribution in [0.2, 0.25) is 0 Å². The summed E-state index contributed by atoms with van der Waals surface area (Å²) in [6, 6.07) is 8.13. The number of halogens is 2. The largest absolute Gasteiger partial charge is 0.375 e. The number of aryl methyl sites for hydroxylation is 1. The first-order chi connectivity index (χ1) is 13.4. The van der Waals surface area contributed by atoms with E-state index in [1.54, 1.807) is 25.4 Å². The predicted molar refractivity (Wildman–Crippen MR) is 106 cm³/mol. The monoisotopic (exact) mass is 388 g/mol. The van der Waals surface area contributed by atoms with Crippen LogP contribution in [0.3, 0.4) is 0 Å². The number of hydrogen-bond donors (Lipinski definition) is 0. The Bertz CT molecular complexity index is 879. The van der Waals surface area contributed by atoms with Crippen LogP contribution in [-0.4, -0.2) is 38.0 Å². The summed E-state index contributed by atoms with van der Waals surface area (Å²) >= 11 is 0. The fourth-order valence-corrected chi connectivity index (χ4v) is 3.13. The Balaban J connectivity index is 1.84. The van der Waals surface area contributed by atoms with Crippen molar-refractivity contribution in [1.29, 1.82) is 0 Å². The minimum Gasteiger partial charge on any atom is -0.375 e. The summed E-state index contributed by atoms with van der Waals surface area (Å²) in [5, 5.41) is 0. The molecule has 3 rings (SSSR count). The van der Waals surface area contributed by atoms with E-state index in [9.17, 15) is 8.78 Å². The van der Waals surface area contributed by atoms with Gasteiger partial charge in [-0.2, -0.15) is 0 Å². The highest BCUT2D eigenvalue weighted by Crippen LogP contribution is 2.39. The summed E-state index contributed by atoms with van der Waals surface area (Å²) in [7, 11) is 1.88. The Hall–Kier alpha value is -2.31. The molecule has 0 unspecified atom stereocenters. The van der Waals surface area contributed by atoms with Crippen LogP contribution >= 0.6 is 0 Å². The highest BCUT2D eigenvalue weighted by Gasteiger charge is 2.43. The third-order valence-electron chi connectivity index (χ3n) is 5.23. The number of benzene rings is 2. The lowest BCUT2D eigenvalue weighted by Crippen LogP contribution is -2.49. The van der Waals surface area contributed by atoms with E-state index in [1.807, 2.05) is 31.9 Å². The van der Waals surface area contributed by atoms with Crippen LogP contribution in [0.1, 0.15) is 29.2 Å².